The Hall–Kier alpha value is -1.46. The summed E-state index contributed by atoms with van der Waals surface area (Å²) >= 11 is 5.70. The zero-order valence-electron chi connectivity index (χ0n) is 9.70. The van der Waals surface area contributed by atoms with Gasteiger partial charge in [-0.05, 0) is 24.6 Å². The van der Waals surface area contributed by atoms with Gasteiger partial charge in [-0.25, -0.2) is 4.39 Å². The van der Waals surface area contributed by atoms with Crippen molar-refractivity contribution in [2.24, 2.45) is 5.73 Å². The molecule has 0 radical (unpaired) electrons. The number of aryl methyl sites for hydroxylation is 1. The Morgan fingerprint density at radius 3 is 3.00 bits per heavy atom. The predicted octanol–water partition coefficient (Wildman–Crippen LogP) is 2.34. The molecule has 4 nitrogen and oxygen atoms in total. The van der Waals surface area contributed by atoms with Gasteiger partial charge < -0.3 is 10.3 Å². The smallest absolute Gasteiger partial charge is 0.226 e. The Morgan fingerprint density at radius 1 is 1.39 bits per heavy atom. The van der Waals surface area contributed by atoms with Crippen molar-refractivity contribution in [3.63, 3.8) is 0 Å². The minimum Gasteiger partial charge on any atom is -0.339 e. The van der Waals surface area contributed by atoms with E-state index in [1.807, 2.05) is 0 Å². The lowest BCUT2D eigenvalue weighted by Crippen LogP contribution is -2.00. The highest BCUT2D eigenvalue weighted by atomic mass is 35.5. The Morgan fingerprint density at radius 2 is 2.22 bits per heavy atom. The van der Waals surface area contributed by atoms with Crippen LogP contribution in [0, 0.1) is 5.82 Å². The molecule has 0 aliphatic carbocycles. The zero-order valence-corrected chi connectivity index (χ0v) is 10.5. The number of rotatable bonds is 5. The van der Waals surface area contributed by atoms with Crippen LogP contribution in [0.25, 0.3) is 0 Å². The first-order valence-corrected chi connectivity index (χ1v) is 6.03. The van der Waals surface area contributed by atoms with Crippen LogP contribution >= 0.6 is 11.6 Å². The number of hydrogen-bond donors (Lipinski definition) is 1. The highest BCUT2D eigenvalue weighted by Crippen LogP contribution is 2.19. The summed E-state index contributed by atoms with van der Waals surface area (Å²) in [6.07, 6.45) is 1.69. The van der Waals surface area contributed by atoms with E-state index >= 15 is 0 Å². The number of nitrogens with two attached hydrogens (primary N) is 1. The third kappa shape index (κ3) is 3.05. The van der Waals surface area contributed by atoms with Crippen molar-refractivity contribution < 1.29 is 8.91 Å². The Balaban J connectivity index is 2.09. The van der Waals surface area contributed by atoms with Gasteiger partial charge in [-0.2, -0.15) is 4.98 Å². The largest absolute Gasteiger partial charge is 0.339 e. The van der Waals surface area contributed by atoms with Crippen molar-refractivity contribution in [3.05, 3.63) is 46.3 Å². The van der Waals surface area contributed by atoms with Crippen LogP contribution in [-0.2, 0) is 12.8 Å². The van der Waals surface area contributed by atoms with Crippen LogP contribution < -0.4 is 5.73 Å². The molecule has 0 saturated heterocycles. The molecule has 0 atom stereocenters. The fourth-order valence-electron chi connectivity index (χ4n) is 1.57. The van der Waals surface area contributed by atoms with E-state index in [9.17, 15) is 4.39 Å². The molecule has 0 bridgehead atoms. The topological polar surface area (TPSA) is 64.9 Å². The fraction of sp³-hybridized carbons (Fsp3) is 0.333. The second-order valence-electron chi connectivity index (χ2n) is 3.89. The number of hydrogen-bond acceptors (Lipinski definition) is 4. The Labute approximate surface area is 109 Å². The zero-order chi connectivity index (χ0) is 13.0. The maximum Gasteiger partial charge on any atom is 0.226 e. The normalized spacial score (nSPS) is 10.8. The molecule has 6 heteroatoms. The van der Waals surface area contributed by atoms with Crippen LogP contribution in [0.1, 0.15) is 23.7 Å². The van der Waals surface area contributed by atoms with Crippen LogP contribution in [0.2, 0.25) is 5.02 Å². The quantitative estimate of drug-likeness (QED) is 0.905. The van der Waals surface area contributed by atoms with Gasteiger partial charge in [0.05, 0.1) is 5.02 Å². The summed E-state index contributed by atoms with van der Waals surface area (Å²) in [5.41, 5.74) is 5.84. The second kappa shape index (κ2) is 5.93. The fourth-order valence-corrected chi connectivity index (χ4v) is 1.77. The van der Waals surface area contributed by atoms with Crippen LogP contribution in [0.5, 0.6) is 0 Å². The van der Waals surface area contributed by atoms with Gasteiger partial charge in [-0.1, -0.05) is 28.9 Å². The summed E-state index contributed by atoms with van der Waals surface area (Å²) in [5.74, 6) is 0.536. The van der Waals surface area contributed by atoms with Crippen molar-refractivity contribution in [2.75, 3.05) is 6.54 Å². The third-order valence-corrected chi connectivity index (χ3v) is 2.78. The van der Waals surface area contributed by atoms with Crippen LogP contribution in [0.3, 0.4) is 0 Å². The summed E-state index contributed by atoms with van der Waals surface area (Å²) < 4.78 is 18.7. The van der Waals surface area contributed by atoms with E-state index in [0.29, 0.717) is 30.2 Å². The van der Waals surface area contributed by atoms with Gasteiger partial charge in [0.15, 0.2) is 5.82 Å². The van der Waals surface area contributed by atoms with E-state index in [-0.39, 0.29) is 11.4 Å². The third-order valence-electron chi connectivity index (χ3n) is 2.49. The number of benzene rings is 1. The molecule has 0 amide bonds. The van der Waals surface area contributed by atoms with Crippen LogP contribution in [-0.4, -0.2) is 16.7 Å². The van der Waals surface area contributed by atoms with Gasteiger partial charge >= 0.3 is 0 Å². The van der Waals surface area contributed by atoms with Gasteiger partial charge in [0.25, 0.3) is 0 Å². The van der Waals surface area contributed by atoms with Crippen molar-refractivity contribution in [1.29, 1.82) is 0 Å². The van der Waals surface area contributed by atoms with E-state index in [1.54, 1.807) is 12.1 Å². The first kappa shape index (κ1) is 13.0. The summed E-state index contributed by atoms with van der Waals surface area (Å²) in [6.45, 7) is 0.570. The molecule has 1 aromatic carbocycles. The minimum atomic E-state index is -0.438. The lowest BCUT2D eigenvalue weighted by molar-refractivity contribution is 0.371. The molecule has 0 spiro atoms. The van der Waals surface area contributed by atoms with E-state index in [1.165, 1.54) is 6.07 Å². The van der Waals surface area contributed by atoms with Gasteiger partial charge in [-0.15, -0.1) is 0 Å². The van der Waals surface area contributed by atoms with Gasteiger partial charge in [-0.3, -0.25) is 0 Å². The first-order chi connectivity index (χ1) is 8.70. The summed E-state index contributed by atoms with van der Waals surface area (Å²) in [6, 6.07) is 4.84. The monoisotopic (exact) mass is 269 g/mol. The van der Waals surface area contributed by atoms with Crippen molar-refractivity contribution in [1.82, 2.24) is 10.1 Å². The second-order valence-corrected chi connectivity index (χ2v) is 4.29. The lowest BCUT2D eigenvalue weighted by atomic mass is 10.1. The maximum atomic E-state index is 13.7. The highest BCUT2D eigenvalue weighted by molar-refractivity contribution is 6.30. The molecule has 2 aromatic rings. The van der Waals surface area contributed by atoms with Crippen LogP contribution in [0.15, 0.2) is 22.7 Å². The minimum absolute atomic E-state index is 0.0966. The van der Waals surface area contributed by atoms with Crippen LogP contribution in [0.4, 0.5) is 4.39 Å². The SMILES string of the molecule is NCCCc1nc(Cc2cccc(Cl)c2F)no1. The number of aromatic nitrogens is 2. The standard InChI is InChI=1S/C12H13ClFN3O/c13-9-4-1-3-8(12(9)14)7-10-16-11(18-17-10)5-2-6-15/h1,3-4H,2,5-7,15H2. The molecule has 96 valence electrons. The highest BCUT2D eigenvalue weighted by Gasteiger charge is 2.11. The van der Waals surface area contributed by atoms with Gasteiger partial charge in [0.2, 0.25) is 5.89 Å². The number of nitrogens with zero attached hydrogens (tertiary/aromatic N) is 2. The molecule has 18 heavy (non-hydrogen) atoms. The molecule has 1 aromatic heterocycles. The van der Waals surface area contributed by atoms with Gasteiger partial charge in [0, 0.05) is 12.8 Å². The number of halogens is 2. The molecule has 0 aliphatic rings. The molecular weight excluding hydrogens is 257 g/mol. The molecule has 0 saturated carbocycles. The summed E-state index contributed by atoms with van der Waals surface area (Å²) in [4.78, 5) is 4.17. The van der Waals surface area contributed by atoms with Gasteiger partial charge in [0.1, 0.15) is 5.82 Å². The first-order valence-electron chi connectivity index (χ1n) is 5.65. The molecular formula is C12H13ClFN3O. The average Bonchev–Trinajstić information content (AvgIpc) is 2.80. The molecule has 1 heterocycles. The van der Waals surface area contributed by atoms with Crippen molar-refractivity contribution >= 4 is 11.6 Å². The van der Waals surface area contributed by atoms with E-state index in [4.69, 9.17) is 21.9 Å². The Kier molecular flexibility index (Phi) is 4.28. The molecule has 0 unspecified atom stereocenters. The van der Waals surface area contributed by atoms with Crippen molar-refractivity contribution in [3.8, 4) is 0 Å². The summed E-state index contributed by atoms with van der Waals surface area (Å²) in [7, 11) is 0. The predicted molar refractivity (Wildman–Crippen MR) is 65.9 cm³/mol. The molecule has 0 aliphatic heterocycles. The molecule has 2 rings (SSSR count). The maximum absolute atomic E-state index is 13.7. The molecule has 0 fully saturated rings. The van der Waals surface area contributed by atoms with E-state index < -0.39 is 5.82 Å². The average molecular weight is 270 g/mol. The van der Waals surface area contributed by atoms with E-state index in [2.05, 4.69) is 10.1 Å². The Bertz CT molecular complexity index is 530. The lowest BCUT2D eigenvalue weighted by Gasteiger charge is -2.00. The van der Waals surface area contributed by atoms with Crippen molar-refractivity contribution in [2.45, 2.75) is 19.3 Å². The molecule has 2 N–H and O–H groups in total. The van der Waals surface area contributed by atoms with E-state index in [0.717, 1.165) is 6.42 Å². The summed E-state index contributed by atoms with van der Waals surface area (Å²) in [5, 5.41) is 3.90.